The number of benzene rings is 2. The van der Waals surface area contributed by atoms with Gasteiger partial charge in [0.15, 0.2) is 0 Å². The fraction of sp³-hybridized carbons (Fsp3) is 0.417. The summed E-state index contributed by atoms with van der Waals surface area (Å²) in [6.07, 6.45) is -9.61. The van der Waals surface area contributed by atoms with Gasteiger partial charge in [-0.1, -0.05) is 27.7 Å². The number of nitrogens with two attached hydrogens (primary N) is 2. The van der Waals surface area contributed by atoms with Crippen LogP contribution in [0.5, 0.6) is 0 Å². The van der Waals surface area contributed by atoms with Crippen molar-refractivity contribution < 1.29 is 35.9 Å². The maximum Gasteiger partial charge on any atom is 0.417 e. The molecule has 0 radical (unpaired) electrons. The Balaban J connectivity index is 0.00000154. The summed E-state index contributed by atoms with van der Waals surface area (Å²) in [4.78, 5) is 27.6. The van der Waals surface area contributed by atoms with Crippen LogP contribution in [0.3, 0.4) is 0 Å². The highest BCUT2D eigenvalue weighted by Crippen LogP contribution is 2.35. The maximum absolute atomic E-state index is 13.3. The first-order valence-electron chi connectivity index (χ1n) is 11.3. The SMILES string of the molecule is CC.CC.Nc1ccc(C(=O)N2CCN(C(=O)c3ccc(N)cc3C(F)(F)F)CC2)c(C(F)(F)F)c1. The van der Waals surface area contributed by atoms with Gasteiger partial charge < -0.3 is 21.3 Å². The van der Waals surface area contributed by atoms with Crippen molar-refractivity contribution in [3.63, 3.8) is 0 Å². The van der Waals surface area contributed by atoms with Gasteiger partial charge in [-0.15, -0.1) is 0 Å². The van der Waals surface area contributed by atoms with Crippen molar-refractivity contribution in [3.05, 3.63) is 58.7 Å². The van der Waals surface area contributed by atoms with E-state index in [1.807, 2.05) is 27.7 Å². The zero-order chi connectivity index (χ0) is 27.8. The van der Waals surface area contributed by atoms with Crippen LogP contribution in [-0.4, -0.2) is 47.8 Å². The molecule has 1 saturated heterocycles. The van der Waals surface area contributed by atoms with Gasteiger partial charge in [0.25, 0.3) is 11.8 Å². The maximum atomic E-state index is 13.3. The lowest BCUT2D eigenvalue weighted by Gasteiger charge is -2.35. The highest BCUT2D eigenvalue weighted by Gasteiger charge is 2.39. The summed E-state index contributed by atoms with van der Waals surface area (Å²) in [6, 6.07) is 5.60. The van der Waals surface area contributed by atoms with E-state index in [0.717, 1.165) is 21.9 Å². The molecule has 1 fully saturated rings. The first-order chi connectivity index (χ1) is 16.8. The van der Waals surface area contributed by atoms with Gasteiger partial charge in [0.2, 0.25) is 0 Å². The number of halogens is 6. The van der Waals surface area contributed by atoms with Crippen molar-refractivity contribution in [1.29, 1.82) is 0 Å². The molecule has 200 valence electrons. The Hall–Kier alpha value is -3.44. The van der Waals surface area contributed by atoms with Crippen molar-refractivity contribution in [3.8, 4) is 0 Å². The third kappa shape index (κ3) is 7.28. The molecule has 1 aliphatic heterocycles. The molecule has 0 bridgehead atoms. The van der Waals surface area contributed by atoms with Gasteiger partial charge in [0.05, 0.1) is 22.3 Å². The molecule has 1 heterocycles. The Labute approximate surface area is 205 Å². The molecule has 2 amide bonds. The van der Waals surface area contributed by atoms with E-state index >= 15 is 0 Å². The van der Waals surface area contributed by atoms with Gasteiger partial charge in [-0.2, -0.15) is 26.3 Å². The quantitative estimate of drug-likeness (QED) is 0.402. The lowest BCUT2D eigenvalue weighted by Crippen LogP contribution is -2.51. The predicted octanol–water partition coefficient (Wildman–Crippen LogP) is 5.54. The molecule has 6 nitrogen and oxygen atoms in total. The molecule has 2 aromatic rings. The number of nitrogens with zero attached hydrogens (tertiary/aromatic N) is 2. The van der Waals surface area contributed by atoms with Crippen LogP contribution in [0.1, 0.15) is 59.5 Å². The summed E-state index contributed by atoms with van der Waals surface area (Å²) < 4.78 is 79.8. The largest absolute Gasteiger partial charge is 0.417 e. The van der Waals surface area contributed by atoms with E-state index in [-0.39, 0.29) is 37.6 Å². The summed E-state index contributed by atoms with van der Waals surface area (Å²) in [7, 11) is 0. The molecule has 0 spiro atoms. The highest BCUT2D eigenvalue weighted by molar-refractivity contribution is 5.98. The number of carbonyl (C=O) groups excluding carboxylic acids is 2. The molecular weight excluding hydrogens is 490 g/mol. The molecule has 0 unspecified atom stereocenters. The van der Waals surface area contributed by atoms with E-state index in [2.05, 4.69) is 0 Å². The third-order valence-corrected chi connectivity index (χ3v) is 5.01. The Morgan fingerprint density at radius 1 is 0.639 bits per heavy atom. The summed E-state index contributed by atoms with van der Waals surface area (Å²) in [5.74, 6) is -1.82. The van der Waals surface area contributed by atoms with Gasteiger partial charge in [-0.3, -0.25) is 9.59 Å². The van der Waals surface area contributed by atoms with Crippen molar-refractivity contribution in [2.75, 3.05) is 37.6 Å². The van der Waals surface area contributed by atoms with E-state index in [1.54, 1.807) is 0 Å². The lowest BCUT2D eigenvalue weighted by molar-refractivity contribution is -0.138. The van der Waals surface area contributed by atoms with Crippen LogP contribution in [0, 0.1) is 0 Å². The Bertz CT molecular complexity index is 962. The van der Waals surface area contributed by atoms with Gasteiger partial charge in [-0.25, -0.2) is 0 Å². The van der Waals surface area contributed by atoms with Crippen LogP contribution in [0.25, 0.3) is 0 Å². The van der Waals surface area contributed by atoms with Crippen LogP contribution < -0.4 is 11.5 Å². The van der Waals surface area contributed by atoms with Gasteiger partial charge in [-0.05, 0) is 36.4 Å². The number of amides is 2. The minimum atomic E-state index is -4.80. The Kier molecular flexibility index (Phi) is 10.6. The minimum Gasteiger partial charge on any atom is -0.399 e. The van der Waals surface area contributed by atoms with Crippen LogP contribution in [0.4, 0.5) is 37.7 Å². The van der Waals surface area contributed by atoms with Crippen molar-refractivity contribution in [1.82, 2.24) is 9.80 Å². The second-order valence-corrected chi connectivity index (χ2v) is 7.19. The summed E-state index contributed by atoms with van der Waals surface area (Å²) >= 11 is 0. The lowest BCUT2D eigenvalue weighted by atomic mass is 10.0. The second-order valence-electron chi connectivity index (χ2n) is 7.19. The molecular formula is C24H30F6N4O2. The van der Waals surface area contributed by atoms with Crippen molar-refractivity contribution >= 4 is 23.2 Å². The van der Waals surface area contributed by atoms with Gasteiger partial charge in [0.1, 0.15) is 0 Å². The van der Waals surface area contributed by atoms with E-state index in [0.29, 0.717) is 12.1 Å². The molecule has 0 saturated carbocycles. The second kappa shape index (κ2) is 12.5. The molecule has 4 N–H and O–H groups in total. The minimum absolute atomic E-state index is 0.150. The Morgan fingerprint density at radius 2 is 0.917 bits per heavy atom. The molecule has 0 aromatic heterocycles. The smallest absolute Gasteiger partial charge is 0.399 e. The normalized spacial score (nSPS) is 13.7. The number of alkyl halides is 6. The molecule has 3 rings (SSSR count). The molecule has 0 aliphatic carbocycles. The fourth-order valence-corrected chi connectivity index (χ4v) is 3.42. The zero-order valence-electron chi connectivity index (χ0n) is 20.4. The molecule has 0 atom stereocenters. The van der Waals surface area contributed by atoms with E-state index in [9.17, 15) is 35.9 Å². The molecule has 2 aromatic carbocycles. The van der Waals surface area contributed by atoms with E-state index < -0.39 is 46.4 Å². The Morgan fingerprint density at radius 3 is 1.17 bits per heavy atom. The number of nitrogen functional groups attached to an aromatic ring is 2. The van der Waals surface area contributed by atoms with E-state index in [1.165, 1.54) is 12.1 Å². The summed E-state index contributed by atoms with van der Waals surface area (Å²) in [6.45, 7) is 7.40. The fourth-order valence-electron chi connectivity index (χ4n) is 3.42. The van der Waals surface area contributed by atoms with Gasteiger partial charge in [0, 0.05) is 37.6 Å². The van der Waals surface area contributed by atoms with Gasteiger partial charge >= 0.3 is 12.4 Å². The monoisotopic (exact) mass is 520 g/mol. The molecule has 36 heavy (non-hydrogen) atoms. The molecule has 12 heteroatoms. The predicted molar refractivity (Wildman–Crippen MR) is 126 cm³/mol. The number of hydrogen-bond donors (Lipinski definition) is 2. The van der Waals surface area contributed by atoms with Crippen LogP contribution >= 0.6 is 0 Å². The average molecular weight is 521 g/mol. The number of anilines is 2. The number of rotatable bonds is 2. The zero-order valence-corrected chi connectivity index (χ0v) is 20.4. The standard InChI is InChI=1S/C20H18F6N4O2.2C2H6/c21-19(22,23)15-9-11(27)1-3-13(15)17(31)29-5-7-30(8-6-29)18(32)14-4-2-12(28)10-16(14)20(24,25)26;2*1-2/h1-4,9-10H,5-8,27-28H2;2*1-2H3. The summed E-state index contributed by atoms with van der Waals surface area (Å²) in [5.41, 5.74) is 6.94. The van der Waals surface area contributed by atoms with Crippen LogP contribution in [-0.2, 0) is 12.4 Å². The summed E-state index contributed by atoms with van der Waals surface area (Å²) in [5, 5.41) is 0. The third-order valence-electron chi connectivity index (χ3n) is 5.01. The van der Waals surface area contributed by atoms with Crippen molar-refractivity contribution in [2.45, 2.75) is 40.0 Å². The first-order valence-corrected chi connectivity index (χ1v) is 11.3. The highest BCUT2D eigenvalue weighted by atomic mass is 19.4. The van der Waals surface area contributed by atoms with E-state index in [4.69, 9.17) is 11.5 Å². The van der Waals surface area contributed by atoms with Crippen LogP contribution in [0.2, 0.25) is 0 Å². The average Bonchev–Trinajstić information content (AvgIpc) is 2.84. The number of piperazine rings is 1. The van der Waals surface area contributed by atoms with Crippen molar-refractivity contribution in [2.24, 2.45) is 0 Å². The first kappa shape index (κ1) is 30.6. The number of carbonyl (C=O) groups is 2. The van der Waals surface area contributed by atoms with Crippen LogP contribution in [0.15, 0.2) is 36.4 Å². The molecule has 1 aliphatic rings. The number of hydrogen-bond acceptors (Lipinski definition) is 4. The topological polar surface area (TPSA) is 92.7 Å².